The van der Waals surface area contributed by atoms with Gasteiger partial charge in [-0.3, -0.25) is 4.79 Å². The van der Waals surface area contributed by atoms with Crippen LogP contribution in [0.2, 0.25) is 5.02 Å². The summed E-state index contributed by atoms with van der Waals surface area (Å²) in [5.74, 6) is -0.937. The number of hydrogen-bond acceptors (Lipinski definition) is 2. The van der Waals surface area contributed by atoms with Gasteiger partial charge < -0.3 is 15.7 Å². The molecule has 0 aromatic heterocycles. The Hall–Kier alpha value is -1.75. The van der Waals surface area contributed by atoms with Gasteiger partial charge in [0.15, 0.2) is 0 Å². The van der Waals surface area contributed by atoms with Gasteiger partial charge in [0.1, 0.15) is 0 Å². The molecule has 0 bridgehead atoms. The van der Waals surface area contributed by atoms with Crippen molar-refractivity contribution in [2.45, 2.75) is 39.8 Å². The minimum absolute atomic E-state index is 0.113. The largest absolute Gasteiger partial charge is 0.481 e. The van der Waals surface area contributed by atoms with E-state index in [1.807, 2.05) is 32.9 Å². The summed E-state index contributed by atoms with van der Waals surface area (Å²) < 4.78 is 0. The zero-order valence-corrected chi connectivity index (χ0v) is 13.2. The van der Waals surface area contributed by atoms with Gasteiger partial charge in [0.25, 0.3) is 0 Å². The fourth-order valence-corrected chi connectivity index (χ4v) is 1.87. The summed E-state index contributed by atoms with van der Waals surface area (Å²) in [4.78, 5) is 22.7. The van der Waals surface area contributed by atoms with Crippen LogP contribution in [0, 0.1) is 5.41 Å². The van der Waals surface area contributed by atoms with E-state index in [9.17, 15) is 9.59 Å². The molecule has 1 aromatic carbocycles. The molecule has 0 radical (unpaired) electrons. The first-order valence-corrected chi connectivity index (χ1v) is 7.07. The maximum Gasteiger partial charge on any atom is 0.315 e. The van der Waals surface area contributed by atoms with Gasteiger partial charge in [-0.15, -0.1) is 0 Å². The first kappa shape index (κ1) is 17.3. The molecule has 0 fully saturated rings. The lowest BCUT2D eigenvalue weighted by Gasteiger charge is -2.30. The van der Waals surface area contributed by atoms with Crippen LogP contribution in [0.25, 0.3) is 0 Å². The number of carboxylic acids is 1. The van der Waals surface area contributed by atoms with Gasteiger partial charge in [-0.25, -0.2) is 4.79 Å². The lowest BCUT2D eigenvalue weighted by Crippen LogP contribution is -2.48. The molecule has 5 nitrogen and oxygen atoms in total. The highest BCUT2D eigenvalue weighted by Crippen LogP contribution is 2.21. The number of hydrogen-bond donors (Lipinski definition) is 3. The summed E-state index contributed by atoms with van der Waals surface area (Å²) in [6.07, 6.45) is -0.113. The van der Waals surface area contributed by atoms with E-state index >= 15 is 0 Å². The number of rotatable bonds is 5. The Bertz CT molecular complexity index is 495. The fraction of sp³-hybridized carbons (Fsp3) is 0.467. The van der Waals surface area contributed by atoms with Crippen LogP contribution in [-0.2, 0) is 11.3 Å². The van der Waals surface area contributed by atoms with Crippen molar-refractivity contribution in [1.29, 1.82) is 0 Å². The third kappa shape index (κ3) is 6.49. The summed E-state index contributed by atoms with van der Waals surface area (Å²) in [5.41, 5.74) is 0.579. The summed E-state index contributed by atoms with van der Waals surface area (Å²) in [5, 5.41) is 15.0. The number of nitrogens with one attached hydrogen (secondary N) is 2. The van der Waals surface area contributed by atoms with Crippen LogP contribution in [0.3, 0.4) is 0 Å². The van der Waals surface area contributed by atoms with E-state index in [1.165, 1.54) is 0 Å². The van der Waals surface area contributed by atoms with E-state index in [0.717, 1.165) is 5.56 Å². The van der Waals surface area contributed by atoms with E-state index < -0.39 is 12.0 Å². The molecule has 116 valence electrons. The van der Waals surface area contributed by atoms with Crippen LogP contribution in [0.1, 0.15) is 32.8 Å². The first-order valence-electron chi connectivity index (χ1n) is 6.69. The monoisotopic (exact) mass is 312 g/mol. The predicted octanol–water partition coefficient (Wildman–Crippen LogP) is 3.03. The van der Waals surface area contributed by atoms with Crippen molar-refractivity contribution < 1.29 is 14.7 Å². The van der Waals surface area contributed by atoms with Crippen LogP contribution >= 0.6 is 11.6 Å². The van der Waals surface area contributed by atoms with Gasteiger partial charge in [0.2, 0.25) is 0 Å². The second kappa shape index (κ2) is 7.31. The van der Waals surface area contributed by atoms with Gasteiger partial charge in [-0.1, -0.05) is 44.5 Å². The van der Waals surface area contributed by atoms with Crippen molar-refractivity contribution >= 4 is 23.6 Å². The highest BCUT2D eigenvalue weighted by molar-refractivity contribution is 6.30. The van der Waals surface area contributed by atoms with Gasteiger partial charge in [-0.05, 0) is 23.1 Å². The Kier molecular flexibility index (Phi) is 6.03. The number of carbonyl (C=O) groups excluding carboxylic acids is 1. The third-order valence-corrected chi connectivity index (χ3v) is 3.35. The van der Waals surface area contributed by atoms with E-state index in [4.69, 9.17) is 16.7 Å². The topological polar surface area (TPSA) is 78.4 Å². The smallest absolute Gasteiger partial charge is 0.315 e. The Morgan fingerprint density at radius 3 is 2.29 bits per heavy atom. The zero-order valence-electron chi connectivity index (χ0n) is 12.4. The van der Waals surface area contributed by atoms with Crippen molar-refractivity contribution in [3.05, 3.63) is 34.9 Å². The summed E-state index contributed by atoms with van der Waals surface area (Å²) >= 11 is 5.79. The van der Waals surface area contributed by atoms with E-state index in [2.05, 4.69) is 10.6 Å². The van der Waals surface area contributed by atoms with Crippen LogP contribution in [0.15, 0.2) is 24.3 Å². The van der Waals surface area contributed by atoms with Gasteiger partial charge in [-0.2, -0.15) is 0 Å². The molecule has 1 aromatic rings. The molecule has 3 N–H and O–H groups in total. The SMILES string of the molecule is CC(C)(C)C(CC(=O)O)NC(=O)NCc1ccc(Cl)cc1. The normalized spacial score (nSPS) is 12.6. The lowest BCUT2D eigenvalue weighted by molar-refractivity contribution is -0.138. The minimum atomic E-state index is -0.937. The number of halogens is 1. The predicted molar refractivity (Wildman–Crippen MR) is 82.3 cm³/mol. The molecule has 21 heavy (non-hydrogen) atoms. The quantitative estimate of drug-likeness (QED) is 0.782. The molecule has 0 spiro atoms. The van der Waals surface area contributed by atoms with Crippen molar-refractivity contribution in [3.63, 3.8) is 0 Å². The van der Waals surface area contributed by atoms with Crippen LogP contribution in [0.5, 0.6) is 0 Å². The number of carbonyl (C=O) groups is 2. The van der Waals surface area contributed by atoms with Gasteiger partial charge in [0, 0.05) is 17.6 Å². The maximum absolute atomic E-state index is 11.9. The molecular formula is C15H21ClN2O3. The Morgan fingerprint density at radius 1 is 1.24 bits per heavy atom. The minimum Gasteiger partial charge on any atom is -0.481 e. The highest BCUT2D eigenvalue weighted by atomic mass is 35.5. The number of aliphatic carboxylic acids is 1. The number of urea groups is 1. The average Bonchev–Trinajstić information content (AvgIpc) is 2.36. The Labute approximate surface area is 129 Å². The van der Waals surface area contributed by atoms with Crippen LogP contribution < -0.4 is 10.6 Å². The van der Waals surface area contributed by atoms with Crippen molar-refractivity contribution in [2.75, 3.05) is 0 Å². The molecule has 0 aliphatic heterocycles. The Morgan fingerprint density at radius 2 is 1.81 bits per heavy atom. The summed E-state index contributed by atoms with van der Waals surface area (Å²) in [6, 6.07) is 6.31. The molecule has 0 heterocycles. The summed E-state index contributed by atoms with van der Waals surface area (Å²) in [7, 11) is 0. The van der Waals surface area contributed by atoms with Crippen LogP contribution in [-0.4, -0.2) is 23.1 Å². The average molecular weight is 313 g/mol. The third-order valence-electron chi connectivity index (χ3n) is 3.10. The zero-order chi connectivity index (χ0) is 16.0. The molecule has 2 amide bonds. The van der Waals surface area contributed by atoms with E-state index in [-0.39, 0.29) is 17.9 Å². The molecule has 6 heteroatoms. The molecule has 1 atom stereocenters. The van der Waals surface area contributed by atoms with E-state index in [1.54, 1.807) is 12.1 Å². The molecule has 0 saturated heterocycles. The van der Waals surface area contributed by atoms with Gasteiger partial charge in [0.05, 0.1) is 6.42 Å². The molecular weight excluding hydrogens is 292 g/mol. The number of benzene rings is 1. The van der Waals surface area contributed by atoms with Crippen LogP contribution in [0.4, 0.5) is 4.79 Å². The summed E-state index contributed by atoms with van der Waals surface area (Å²) in [6.45, 7) is 6.02. The molecule has 0 aliphatic rings. The van der Waals surface area contributed by atoms with Crippen molar-refractivity contribution in [1.82, 2.24) is 10.6 Å². The van der Waals surface area contributed by atoms with Crippen molar-refractivity contribution in [2.24, 2.45) is 5.41 Å². The van der Waals surface area contributed by atoms with Gasteiger partial charge >= 0.3 is 12.0 Å². The fourth-order valence-electron chi connectivity index (χ4n) is 1.74. The number of amides is 2. The maximum atomic E-state index is 11.9. The standard InChI is InChI=1S/C15H21ClN2O3/c1-15(2,3)12(8-13(19)20)18-14(21)17-9-10-4-6-11(16)7-5-10/h4-7,12H,8-9H2,1-3H3,(H,19,20)(H2,17,18,21). The van der Waals surface area contributed by atoms with E-state index in [0.29, 0.717) is 11.6 Å². The molecule has 0 saturated carbocycles. The second-order valence-corrected chi connectivity index (χ2v) is 6.41. The second-order valence-electron chi connectivity index (χ2n) is 5.97. The molecule has 0 aliphatic carbocycles. The molecule has 1 unspecified atom stereocenters. The first-order chi connectivity index (χ1) is 9.68. The van der Waals surface area contributed by atoms with Crippen molar-refractivity contribution in [3.8, 4) is 0 Å². The number of carboxylic acid groups (broad SMARTS) is 1. The highest BCUT2D eigenvalue weighted by Gasteiger charge is 2.28. The Balaban J connectivity index is 2.54. The lowest BCUT2D eigenvalue weighted by atomic mass is 9.85. The molecule has 1 rings (SSSR count).